The van der Waals surface area contributed by atoms with Gasteiger partial charge >= 0.3 is 0 Å². The van der Waals surface area contributed by atoms with Crippen LogP contribution in [0.4, 0.5) is 0 Å². The summed E-state index contributed by atoms with van der Waals surface area (Å²) in [5, 5.41) is 0. The minimum Gasteiger partial charge on any atom is -0.323 e. The van der Waals surface area contributed by atoms with E-state index < -0.39 is 0 Å². The van der Waals surface area contributed by atoms with Crippen molar-refractivity contribution in [2.45, 2.75) is 39.3 Å². The van der Waals surface area contributed by atoms with Crippen molar-refractivity contribution in [2.75, 3.05) is 26.2 Å². The van der Waals surface area contributed by atoms with Crippen LogP contribution in [0.5, 0.6) is 0 Å². The van der Waals surface area contributed by atoms with Crippen molar-refractivity contribution in [1.82, 2.24) is 0 Å². The Bertz CT molecular complexity index is 382. The fourth-order valence-electron chi connectivity index (χ4n) is 3.29. The zero-order chi connectivity index (χ0) is 13.7. The quantitative estimate of drug-likeness (QED) is 0.796. The van der Waals surface area contributed by atoms with Gasteiger partial charge in [0.25, 0.3) is 0 Å². The first kappa shape index (κ1) is 15.0. The maximum Gasteiger partial charge on any atom is 0.127 e. The van der Waals surface area contributed by atoms with E-state index >= 15 is 0 Å². The minimum atomic E-state index is 0.880. The Morgan fingerprint density at radius 3 is 2.26 bits per heavy atom. The van der Waals surface area contributed by atoms with Gasteiger partial charge in [0.2, 0.25) is 0 Å². The van der Waals surface area contributed by atoms with Crippen molar-refractivity contribution in [2.24, 2.45) is 0 Å². The number of piperazine rings is 1. The van der Waals surface area contributed by atoms with Gasteiger partial charge < -0.3 is 9.80 Å². The summed E-state index contributed by atoms with van der Waals surface area (Å²) >= 11 is 3.66. The van der Waals surface area contributed by atoms with Crippen LogP contribution in [0.25, 0.3) is 0 Å². The number of hydrogen-bond donors (Lipinski definition) is 2. The maximum absolute atomic E-state index is 3.66. The molecule has 1 aliphatic heterocycles. The predicted molar refractivity (Wildman–Crippen MR) is 83.6 cm³/mol. The van der Waals surface area contributed by atoms with Crippen molar-refractivity contribution in [3.05, 3.63) is 34.3 Å². The van der Waals surface area contributed by atoms with Crippen molar-refractivity contribution < 1.29 is 9.80 Å². The summed E-state index contributed by atoms with van der Waals surface area (Å²) in [5.41, 5.74) is 1.45. The number of benzene rings is 1. The van der Waals surface area contributed by atoms with Gasteiger partial charge in [0.05, 0.1) is 6.04 Å². The lowest BCUT2D eigenvalue weighted by atomic mass is 10.1. The van der Waals surface area contributed by atoms with Gasteiger partial charge in [-0.3, -0.25) is 0 Å². The van der Waals surface area contributed by atoms with Gasteiger partial charge in [0, 0.05) is 10.0 Å². The number of halogens is 1. The third kappa shape index (κ3) is 4.04. The van der Waals surface area contributed by atoms with E-state index in [1.807, 2.05) is 4.90 Å². The Kier molecular flexibility index (Phi) is 5.86. The maximum atomic E-state index is 3.66. The highest BCUT2D eigenvalue weighted by Crippen LogP contribution is 2.14. The van der Waals surface area contributed by atoms with Gasteiger partial charge in [-0.2, -0.15) is 0 Å². The Balaban J connectivity index is 1.85. The van der Waals surface area contributed by atoms with Crippen LogP contribution in [0.15, 0.2) is 28.7 Å². The third-order valence-electron chi connectivity index (χ3n) is 4.56. The Labute approximate surface area is 125 Å². The zero-order valence-corrected chi connectivity index (χ0v) is 13.8. The molecule has 19 heavy (non-hydrogen) atoms. The average Bonchev–Trinajstić information content (AvgIpc) is 2.44. The molecule has 3 heteroatoms. The number of hydrogen-bond acceptors (Lipinski definition) is 0. The summed E-state index contributed by atoms with van der Waals surface area (Å²) in [6.45, 7) is 11.1. The normalized spacial score (nSPS) is 23.8. The van der Waals surface area contributed by atoms with E-state index in [4.69, 9.17) is 0 Å². The van der Waals surface area contributed by atoms with E-state index in [1.165, 1.54) is 49.1 Å². The lowest BCUT2D eigenvalue weighted by molar-refractivity contribution is -1.03. The van der Waals surface area contributed by atoms with E-state index in [9.17, 15) is 0 Å². The van der Waals surface area contributed by atoms with E-state index in [2.05, 4.69) is 54.0 Å². The highest BCUT2D eigenvalue weighted by molar-refractivity contribution is 9.10. The zero-order valence-electron chi connectivity index (χ0n) is 12.2. The Morgan fingerprint density at radius 1 is 1.05 bits per heavy atom. The first-order valence-electron chi connectivity index (χ1n) is 7.66. The molecule has 0 unspecified atom stereocenters. The first-order chi connectivity index (χ1) is 9.24. The monoisotopic (exact) mass is 326 g/mol. The molecule has 0 radical (unpaired) electrons. The van der Waals surface area contributed by atoms with Crippen molar-refractivity contribution in [3.8, 4) is 0 Å². The fourth-order valence-corrected chi connectivity index (χ4v) is 3.71. The van der Waals surface area contributed by atoms with Crippen LogP contribution in [0.3, 0.4) is 0 Å². The molecule has 2 nitrogen and oxygen atoms in total. The lowest BCUT2D eigenvalue weighted by Crippen LogP contribution is -3.29. The van der Waals surface area contributed by atoms with Gasteiger partial charge in [-0.25, -0.2) is 0 Å². The summed E-state index contributed by atoms with van der Waals surface area (Å²) in [6.07, 6.45) is 2.65. The summed E-state index contributed by atoms with van der Waals surface area (Å²) in [5.74, 6) is 0. The molecule has 1 aromatic carbocycles. The standard InChI is InChI=1S/C16H25BrN2/c1-3-15(4-2)19-11-9-18(10-12-19)13-14-7-5-6-8-16(14)17/h5-8,15H,3-4,9-13H2,1-2H3/p+2. The van der Waals surface area contributed by atoms with Crippen LogP contribution in [-0.2, 0) is 6.54 Å². The second-order valence-electron chi connectivity index (χ2n) is 5.69. The molecule has 0 atom stereocenters. The summed E-state index contributed by atoms with van der Waals surface area (Å²) < 4.78 is 1.26. The molecule has 1 aromatic rings. The van der Waals surface area contributed by atoms with E-state index in [-0.39, 0.29) is 0 Å². The van der Waals surface area contributed by atoms with E-state index in [0.29, 0.717) is 0 Å². The molecule has 1 aliphatic rings. The highest BCUT2D eigenvalue weighted by atomic mass is 79.9. The molecular weight excluding hydrogens is 300 g/mol. The van der Waals surface area contributed by atoms with Gasteiger partial charge in [-0.15, -0.1) is 0 Å². The number of nitrogens with one attached hydrogen (secondary N) is 2. The fraction of sp³-hybridized carbons (Fsp3) is 0.625. The van der Waals surface area contributed by atoms with Crippen molar-refractivity contribution in [3.63, 3.8) is 0 Å². The third-order valence-corrected chi connectivity index (χ3v) is 5.33. The van der Waals surface area contributed by atoms with Crippen molar-refractivity contribution in [1.29, 1.82) is 0 Å². The van der Waals surface area contributed by atoms with Gasteiger partial charge in [-0.05, 0) is 18.9 Å². The molecule has 0 bridgehead atoms. The number of rotatable bonds is 5. The molecule has 0 amide bonds. The Morgan fingerprint density at radius 2 is 1.68 bits per heavy atom. The van der Waals surface area contributed by atoms with Gasteiger partial charge in [0.1, 0.15) is 32.7 Å². The summed E-state index contributed by atoms with van der Waals surface area (Å²) in [6, 6.07) is 9.52. The van der Waals surface area contributed by atoms with Gasteiger partial charge in [0.15, 0.2) is 0 Å². The topological polar surface area (TPSA) is 8.88 Å². The molecule has 2 rings (SSSR count). The van der Waals surface area contributed by atoms with Crippen LogP contribution in [0.2, 0.25) is 0 Å². The van der Waals surface area contributed by atoms with Crippen LogP contribution in [0.1, 0.15) is 32.3 Å². The summed E-state index contributed by atoms with van der Waals surface area (Å²) in [7, 11) is 0. The van der Waals surface area contributed by atoms with Gasteiger partial charge in [-0.1, -0.05) is 48.0 Å². The Hall–Kier alpha value is -0.380. The molecule has 0 aromatic heterocycles. The molecule has 1 fully saturated rings. The molecule has 2 N–H and O–H groups in total. The SMILES string of the molecule is CCC(CC)[NH+]1CC[NH+](Cc2ccccc2Br)CC1. The van der Waals surface area contributed by atoms with Crippen LogP contribution < -0.4 is 9.80 Å². The number of quaternary nitrogens is 2. The van der Waals surface area contributed by atoms with Crippen molar-refractivity contribution >= 4 is 15.9 Å². The molecule has 1 heterocycles. The van der Waals surface area contributed by atoms with Crippen LogP contribution in [-0.4, -0.2) is 32.2 Å². The van der Waals surface area contributed by atoms with E-state index in [1.54, 1.807) is 4.90 Å². The van der Waals surface area contributed by atoms with E-state index in [0.717, 1.165) is 12.6 Å². The second-order valence-corrected chi connectivity index (χ2v) is 6.54. The average molecular weight is 327 g/mol. The van der Waals surface area contributed by atoms with Crippen LogP contribution in [0, 0.1) is 0 Å². The molecule has 0 aliphatic carbocycles. The molecule has 106 valence electrons. The molecule has 0 spiro atoms. The first-order valence-corrected chi connectivity index (χ1v) is 8.45. The smallest absolute Gasteiger partial charge is 0.127 e. The summed E-state index contributed by atoms with van der Waals surface area (Å²) in [4.78, 5) is 3.57. The molecular formula is C16H27BrN2+2. The lowest BCUT2D eigenvalue weighted by Gasteiger charge is -2.34. The molecule has 1 saturated heterocycles. The predicted octanol–water partition coefficient (Wildman–Crippen LogP) is 0.921. The minimum absolute atomic E-state index is 0.880. The van der Waals surface area contributed by atoms with Crippen LogP contribution >= 0.6 is 15.9 Å². The second kappa shape index (κ2) is 7.41. The largest absolute Gasteiger partial charge is 0.323 e. The molecule has 0 saturated carbocycles. The highest BCUT2D eigenvalue weighted by Gasteiger charge is 2.27.